The Morgan fingerprint density at radius 1 is 1.16 bits per heavy atom. The van der Waals surface area contributed by atoms with Gasteiger partial charge in [0.25, 0.3) is 5.91 Å². The van der Waals surface area contributed by atoms with E-state index in [1.807, 2.05) is 0 Å². The van der Waals surface area contributed by atoms with E-state index in [-0.39, 0.29) is 17.6 Å². The number of hydrogen-bond acceptors (Lipinski definition) is 4. The minimum atomic E-state index is -0.372. The van der Waals surface area contributed by atoms with Crippen molar-refractivity contribution in [3.63, 3.8) is 0 Å². The van der Waals surface area contributed by atoms with Crippen LogP contribution in [0.3, 0.4) is 0 Å². The maximum atomic E-state index is 11.7. The van der Waals surface area contributed by atoms with Crippen molar-refractivity contribution in [1.82, 2.24) is 15.2 Å². The smallest absolute Gasteiger partial charge is 0.292 e. The van der Waals surface area contributed by atoms with Crippen LogP contribution < -0.4 is 10.6 Å². The Labute approximate surface area is 109 Å². The Morgan fingerprint density at radius 2 is 1.79 bits per heavy atom. The van der Waals surface area contributed by atoms with E-state index >= 15 is 0 Å². The fourth-order valence-electron chi connectivity index (χ4n) is 1.39. The Kier molecular flexibility index (Phi) is 3.87. The van der Waals surface area contributed by atoms with E-state index in [0.29, 0.717) is 17.8 Å². The fraction of sp³-hybridized carbons (Fsp3) is 0.167. The normalized spacial score (nSPS) is 9.95. The summed E-state index contributed by atoms with van der Waals surface area (Å²) in [7, 11) is 0. The van der Waals surface area contributed by atoms with E-state index in [0.717, 1.165) is 0 Å². The van der Waals surface area contributed by atoms with Gasteiger partial charge < -0.3 is 10.6 Å². The molecule has 0 aliphatic carbocycles. The summed E-state index contributed by atoms with van der Waals surface area (Å²) >= 11 is 0. The van der Waals surface area contributed by atoms with Crippen LogP contribution in [0, 0.1) is 0 Å². The van der Waals surface area contributed by atoms with Crippen LogP contribution in [-0.4, -0.2) is 27.0 Å². The van der Waals surface area contributed by atoms with Crippen LogP contribution in [-0.2, 0) is 4.79 Å². The fourth-order valence-corrected chi connectivity index (χ4v) is 1.39. The molecule has 0 fully saturated rings. The van der Waals surface area contributed by atoms with Gasteiger partial charge in [0, 0.05) is 17.8 Å². The third kappa shape index (κ3) is 3.38. The van der Waals surface area contributed by atoms with Crippen LogP contribution >= 0.6 is 0 Å². The van der Waals surface area contributed by atoms with Gasteiger partial charge in [0.05, 0.1) is 0 Å². The summed E-state index contributed by atoms with van der Waals surface area (Å²) in [6.07, 6.45) is 1.68. The van der Waals surface area contributed by atoms with Crippen molar-refractivity contribution in [3.8, 4) is 0 Å². The van der Waals surface area contributed by atoms with Gasteiger partial charge in [0.1, 0.15) is 6.33 Å². The van der Waals surface area contributed by atoms with Gasteiger partial charge >= 0.3 is 0 Å². The SMILES string of the molecule is CCC(=O)Nc1ccc(NC(=O)c2ncn[nH]2)cc1. The number of hydrogen-bond donors (Lipinski definition) is 3. The highest BCUT2D eigenvalue weighted by molar-refractivity contribution is 6.01. The number of anilines is 2. The van der Waals surface area contributed by atoms with Gasteiger partial charge in [-0.25, -0.2) is 4.98 Å². The number of nitrogens with zero attached hydrogens (tertiary/aromatic N) is 2. The van der Waals surface area contributed by atoms with Crippen molar-refractivity contribution in [2.75, 3.05) is 10.6 Å². The van der Waals surface area contributed by atoms with E-state index < -0.39 is 0 Å². The predicted octanol–water partition coefficient (Wildman–Crippen LogP) is 1.41. The third-order valence-electron chi connectivity index (χ3n) is 2.38. The lowest BCUT2D eigenvalue weighted by Gasteiger charge is -2.06. The van der Waals surface area contributed by atoms with Gasteiger partial charge in [-0.2, -0.15) is 5.10 Å². The zero-order chi connectivity index (χ0) is 13.7. The Morgan fingerprint density at radius 3 is 2.32 bits per heavy atom. The Balaban J connectivity index is 1.99. The number of amides is 2. The molecule has 0 bridgehead atoms. The maximum Gasteiger partial charge on any atom is 0.292 e. The predicted molar refractivity (Wildman–Crippen MR) is 69.7 cm³/mol. The number of carbonyl (C=O) groups is 2. The molecule has 98 valence electrons. The van der Waals surface area contributed by atoms with Crippen molar-refractivity contribution < 1.29 is 9.59 Å². The second-order valence-electron chi connectivity index (χ2n) is 3.77. The summed E-state index contributed by atoms with van der Waals surface area (Å²) in [5, 5.41) is 11.4. The highest BCUT2D eigenvalue weighted by Crippen LogP contribution is 2.14. The van der Waals surface area contributed by atoms with Crippen molar-refractivity contribution in [2.24, 2.45) is 0 Å². The molecule has 3 N–H and O–H groups in total. The average Bonchev–Trinajstić information content (AvgIpc) is 2.95. The molecule has 2 amide bonds. The zero-order valence-electron chi connectivity index (χ0n) is 10.3. The lowest BCUT2D eigenvalue weighted by molar-refractivity contribution is -0.115. The molecule has 1 heterocycles. The number of nitrogens with one attached hydrogen (secondary N) is 3. The van der Waals surface area contributed by atoms with Crippen molar-refractivity contribution in [3.05, 3.63) is 36.4 Å². The first-order valence-corrected chi connectivity index (χ1v) is 5.75. The van der Waals surface area contributed by atoms with E-state index in [9.17, 15) is 9.59 Å². The van der Waals surface area contributed by atoms with Crippen molar-refractivity contribution in [2.45, 2.75) is 13.3 Å². The van der Waals surface area contributed by atoms with Gasteiger partial charge in [-0.05, 0) is 24.3 Å². The minimum Gasteiger partial charge on any atom is -0.326 e. The molecule has 0 spiro atoms. The van der Waals surface area contributed by atoms with Gasteiger partial charge in [0.2, 0.25) is 11.7 Å². The minimum absolute atomic E-state index is 0.0570. The molecule has 2 aromatic rings. The second-order valence-corrected chi connectivity index (χ2v) is 3.77. The molecule has 1 aromatic heterocycles. The zero-order valence-corrected chi connectivity index (χ0v) is 10.3. The number of benzene rings is 1. The largest absolute Gasteiger partial charge is 0.326 e. The van der Waals surface area contributed by atoms with Crippen molar-refractivity contribution in [1.29, 1.82) is 0 Å². The number of H-pyrrole nitrogens is 1. The summed E-state index contributed by atoms with van der Waals surface area (Å²) in [5.41, 5.74) is 1.29. The van der Waals surface area contributed by atoms with E-state index in [4.69, 9.17) is 0 Å². The molecule has 0 aliphatic heterocycles. The number of carbonyl (C=O) groups excluding carboxylic acids is 2. The van der Waals surface area contributed by atoms with E-state index in [1.54, 1.807) is 31.2 Å². The second kappa shape index (κ2) is 5.76. The summed E-state index contributed by atoms with van der Waals surface area (Å²) in [4.78, 5) is 26.6. The standard InChI is InChI=1S/C12H13N5O2/c1-2-10(18)15-8-3-5-9(6-4-8)16-12(19)11-13-7-14-17-11/h3-7H,2H2,1H3,(H,15,18)(H,16,19)(H,13,14,17). The van der Waals surface area contributed by atoms with Crippen LogP contribution in [0.1, 0.15) is 24.0 Å². The monoisotopic (exact) mass is 259 g/mol. The van der Waals surface area contributed by atoms with Crippen LogP contribution in [0.4, 0.5) is 11.4 Å². The van der Waals surface area contributed by atoms with E-state index in [2.05, 4.69) is 25.8 Å². The first-order chi connectivity index (χ1) is 9.19. The first-order valence-electron chi connectivity index (χ1n) is 5.75. The first kappa shape index (κ1) is 12.7. The summed E-state index contributed by atoms with van der Waals surface area (Å²) in [6.45, 7) is 1.78. The summed E-state index contributed by atoms with van der Waals surface area (Å²) in [6, 6.07) is 6.81. The molecule has 7 heteroatoms. The van der Waals surface area contributed by atoms with Crippen LogP contribution in [0.5, 0.6) is 0 Å². The number of aromatic nitrogens is 3. The number of rotatable bonds is 4. The highest BCUT2D eigenvalue weighted by atomic mass is 16.2. The molecule has 7 nitrogen and oxygen atoms in total. The average molecular weight is 259 g/mol. The third-order valence-corrected chi connectivity index (χ3v) is 2.38. The molecule has 0 radical (unpaired) electrons. The lowest BCUT2D eigenvalue weighted by atomic mass is 10.2. The van der Waals surface area contributed by atoms with Crippen LogP contribution in [0.2, 0.25) is 0 Å². The summed E-state index contributed by atoms with van der Waals surface area (Å²) in [5.74, 6) is -0.287. The molecule has 1 aromatic carbocycles. The molecule has 0 saturated carbocycles. The van der Waals surface area contributed by atoms with Crippen molar-refractivity contribution >= 4 is 23.2 Å². The molecule has 0 atom stereocenters. The quantitative estimate of drug-likeness (QED) is 0.772. The Bertz CT molecular complexity index is 562. The van der Waals surface area contributed by atoms with Gasteiger partial charge in [-0.1, -0.05) is 6.92 Å². The maximum absolute atomic E-state index is 11.7. The van der Waals surface area contributed by atoms with E-state index in [1.165, 1.54) is 6.33 Å². The van der Waals surface area contributed by atoms with Crippen LogP contribution in [0.25, 0.3) is 0 Å². The molecule has 0 unspecified atom stereocenters. The summed E-state index contributed by atoms with van der Waals surface area (Å²) < 4.78 is 0. The number of aromatic amines is 1. The topological polar surface area (TPSA) is 99.8 Å². The van der Waals surface area contributed by atoms with Gasteiger partial charge in [0.15, 0.2) is 0 Å². The lowest BCUT2D eigenvalue weighted by Crippen LogP contribution is -2.14. The molecular formula is C12H13N5O2. The molecule has 2 rings (SSSR count). The molecule has 0 aliphatic rings. The van der Waals surface area contributed by atoms with Gasteiger partial charge in [-0.3, -0.25) is 14.7 Å². The van der Waals surface area contributed by atoms with Gasteiger partial charge in [-0.15, -0.1) is 0 Å². The van der Waals surface area contributed by atoms with Crippen LogP contribution in [0.15, 0.2) is 30.6 Å². The molecule has 19 heavy (non-hydrogen) atoms. The highest BCUT2D eigenvalue weighted by Gasteiger charge is 2.08. The Hall–Kier alpha value is -2.70. The molecular weight excluding hydrogens is 246 g/mol. The molecule has 0 saturated heterocycles.